The third-order valence-electron chi connectivity index (χ3n) is 7.35. The van der Waals surface area contributed by atoms with Gasteiger partial charge in [-0.25, -0.2) is 23.3 Å². The summed E-state index contributed by atoms with van der Waals surface area (Å²) in [6.45, 7) is 2.35. The number of hydrogen-bond donors (Lipinski definition) is 3. The van der Waals surface area contributed by atoms with Crippen molar-refractivity contribution in [1.82, 2.24) is 25.6 Å². The highest BCUT2D eigenvalue weighted by atomic mass is 32.2. The van der Waals surface area contributed by atoms with Gasteiger partial charge in [-0.3, -0.25) is 9.78 Å². The van der Waals surface area contributed by atoms with Crippen LogP contribution in [0.25, 0.3) is 22.3 Å². The van der Waals surface area contributed by atoms with E-state index in [0.717, 1.165) is 50.0 Å². The number of halogens is 3. The van der Waals surface area contributed by atoms with Gasteiger partial charge in [-0.15, -0.1) is 0 Å². The summed E-state index contributed by atoms with van der Waals surface area (Å²) in [5, 5.41) is 6.93. The molecule has 0 bridgehead atoms. The van der Waals surface area contributed by atoms with Gasteiger partial charge in [-0.1, -0.05) is 6.07 Å². The summed E-state index contributed by atoms with van der Waals surface area (Å²) in [6, 6.07) is 12.9. The number of rotatable bonds is 7. The normalized spacial score (nSPS) is 17.5. The summed E-state index contributed by atoms with van der Waals surface area (Å²) < 4.78 is 60.1. The zero-order valence-electron chi connectivity index (χ0n) is 21.7. The Labute approximate surface area is 234 Å². The van der Waals surface area contributed by atoms with Gasteiger partial charge in [0, 0.05) is 54.5 Å². The molecule has 1 aromatic carbocycles. The number of alkyl halides is 2. The fourth-order valence-electron chi connectivity index (χ4n) is 4.91. The van der Waals surface area contributed by atoms with E-state index in [-0.39, 0.29) is 17.6 Å². The lowest BCUT2D eigenvalue weighted by Gasteiger charge is -2.35. The van der Waals surface area contributed by atoms with Crippen LogP contribution in [0.2, 0.25) is 0 Å². The number of carbonyl (C=O) groups is 1. The molecule has 1 spiro atoms. The van der Waals surface area contributed by atoms with E-state index < -0.39 is 32.1 Å². The number of carbonyl (C=O) groups excluding carboxylic acids is 1. The molecule has 2 aliphatic rings. The Hall–Kier alpha value is -4.10. The molecule has 9 nitrogen and oxygen atoms in total. The average Bonchev–Trinajstić information content (AvgIpc) is 3.72. The maximum absolute atomic E-state index is 14.7. The lowest BCUT2D eigenvalue weighted by molar-refractivity contribution is 0.0950. The second-order valence-electron chi connectivity index (χ2n) is 10.3. The van der Waals surface area contributed by atoms with E-state index in [4.69, 9.17) is 9.76 Å². The molecule has 1 saturated carbocycles. The number of benzene rings is 1. The minimum Gasteiger partial charge on any atom is -0.353 e. The van der Waals surface area contributed by atoms with Crippen LogP contribution < -0.4 is 15.5 Å². The second kappa shape index (κ2) is 10.4. The molecule has 41 heavy (non-hydrogen) atoms. The van der Waals surface area contributed by atoms with Gasteiger partial charge in [0.2, 0.25) is 0 Å². The first-order chi connectivity index (χ1) is 19.6. The van der Waals surface area contributed by atoms with Gasteiger partial charge in [-0.05, 0) is 49.2 Å². The molecule has 3 aromatic heterocycles. The van der Waals surface area contributed by atoms with Gasteiger partial charge in [0.1, 0.15) is 21.4 Å². The van der Waals surface area contributed by atoms with Crippen molar-refractivity contribution in [3.63, 3.8) is 0 Å². The van der Waals surface area contributed by atoms with E-state index in [2.05, 4.69) is 25.5 Å². The largest absolute Gasteiger partial charge is 0.353 e. The quantitative estimate of drug-likeness (QED) is 0.297. The van der Waals surface area contributed by atoms with E-state index in [1.54, 1.807) is 18.3 Å². The molecular formula is C28H26F3N7O2S. The van der Waals surface area contributed by atoms with Crippen molar-refractivity contribution in [2.24, 2.45) is 0 Å². The SMILES string of the molecule is N=S(=O)(c1cccc(C(=O)NCc2cc3nc(-c4cc(F)cc(N5CCNC6(CC6)C5)n4)ccc3cn2)c1)C(F)F. The molecule has 1 atom stereocenters. The number of anilines is 1. The molecule has 4 heterocycles. The van der Waals surface area contributed by atoms with Gasteiger partial charge in [0.05, 0.1) is 34.0 Å². The van der Waals surface area contributed by atoms with Crippen molar-refractivity contribution < 1.29 is 22.2 Å². The Morgan fingerprint density at radius 3 is 2.73 bits per heavy atom. The highest BCUT2D eigenvalue weighted by Gasteiger charge is 2.45. The molecule has 1 unspecified atom stereocenters. The van der Waals surface area contributed by atoms with E-state index in [0.29, 0.717) is 28.4 Å². The summed E-state index contributed by atoms with van der Waals surface area (Å²) in [5.74, 6) is -3.79. The summed E-state index contributed by atoms with van der Waals surface area (Å²) in [6.07, 6.45) is 3.81. The third-order valence-corrected chi connectivity index (χ3v) is 8.81. The first kappa shape index (κ1) is 27.1. The molecule has 6 rings (SSSR count). The number of piperazine rings is 1. The average molecular weight is 582 g/mol. The van der Waals surface area contributed by atoms with Crippen molar-refractivity contribution >= 4 is 32.4 Å². The number of aromatic nitrogens is 3. The zero-order valence-corrected chi connectivity index (χ0v) is 22.6. The van der Waals surface area contributed by atoms with Crippen LogP contribution in [-0.4, -0.2) is 56.0 Å². The van der Waals surface area contributed by atoms with Gasteiger partial charge in [-0.2, -0.15) is 8.78 Å². The molecule has 2 fully saturated rings. The van der Waals surface area contributed by atoms with Crippen LogP contribution in [0.4, 0.5) is 19.0 Å². The van der Waals surface area contributed by atoms with Gasteiger partial charge in [0.25, 0.3) is 5.91 Å². The van der Waals surface area contributed by atoms with Crippen LogP contribution in [0.5, 0.6) is 0 Å². The molecule has 4 aromatic rings. The number of nitrogens with zero attached hydrogens (tertiary/aromatic N) is 4. The minimum absolute atomic E-state index is 0.00309. The van der Waals surface area contributed by atoms with E-state index in [9.17, 15) is 22.2 Å². The van der Waals surface area contributed by atoms with E-state index in [1.807, 2.05) is 6.07 Å². The first-order valence-corrected chi connectivity index (χ1v) is 14.6. The van der Waals surface area contributed by atoms with Crippen LogP contribution in [0.1, 0.15) is 28.9 Å². The monoisotopic (exact) mass is 581 g/mol. The summed E-state index contributed by atoms with van der Waals surface area (Å²) in [5.41, 5.74) is 2.06. The lowest BCUT2D eigenvalue weighted by atomic mass is 10.1. The first-order valence-electron chi connectivity index (χ1n) is 13.0. The Morgan fingerprint density at radius 1 is 1.12 bits per heavy atom. The van der Waals surface area contributed by atoms with Gasteiger partial charge >= 0.3 is 5.76 Å². The topological polar surface area (TPSA) is 124 Å². The number of nitrogens with one attached hydrogen (secondary N) is 3. The second-order valence-corrected chi connectivity index (χ2v) is 12.3. The minimum atomic E-state index is -4.33. The van der Waals surface area contributed by atoms with Crippen LogP contribution in [0, 0.1) is 10.6 Å². The Morgan fingerprint density at radius 2 is 1.95 bits per heavy atom. The fraction of sp³-hybridized carbons (Fsp3) is 0.286. The zero-order chi connectivity index (χ0) is 28.8. The predicted molar refractivity (Wildman–Crippen MR) is 148 cm³/mol. The Bertz CT molecular complexity index is 1760. The molecule has 13 heteroatoms. The molecule has 212 valence electrons. The van der Waals surface area contributed by atoms with Crippen molar-refractivity contribution in [2.45, 2.75) is 35.6 Å². The van der Waals surface area contributed by atoms with Crippen molar-refractivity contribution in [3.8, 4) is 11.4 Å². The van der Waals surface area contributed by atoms with E-state index in [1.165, 1.54) is 24.3 Å². The molecule has 1 aliphatic carbocycles. The molecular weight excluding hydrogens is 555 g/mol. The van der Waals surface area contributed by atoms with E-state index >= 15 is 0 Å². The summed E-state index contributed by atoms with van der Waals surface area (Å²) in [7, 11) is -4.33. The number of amides is 1. The molecule has 0 radical (unpaired) electrons. The number of hydrogen-bond acceptors (Lipinski definition) is 8. The molecule has 1 aliphatic heterocycles. The highest BCUT2D eigenvalue weighted by Crippen LogP contribution is 2.38. The molecule has 1 saturated heterocycles. The lowest BCUT2D eigenvalue weighted by Crippen LogP contribution is -2.52. The van der Waals surface area contributed by atoms with Crippen molar-refractivity contribution in [3.05, 3.63) is 77.9 Å². The smallest absolute Gasteiger partial charge is 0.323 e. The summed E-state index contributed by atoms with van der Waals surface area (Å²) >= 11 is 0. The third kappa shape index (κ3) is 5.59. The Balaban J connectivity index is 1.20. The Kier molecular flexibility index (Phi) is 6.86. The van der Waals surface area contributed by atoms with Crippen LogP contribution in [0.3, 0.4) is 0 Å². The number of pyridine rings is 3. The highest BCUT2D eigenvalue weighted by molar-refractivity contribution is 7.92. The standard InChI is InChI=1S/C28H26F3N7O2S/c29-19-11-24(37-25(12-19)38-9-8-35-28(16-38)6-7-28)22-5-4-18-14-33-20(13-23(18)36-22)15-34-26(39)17-2-1-3-21(10-17)41(32,40)27(30)31/h1-5,10-14,27,32,35H,6-9,15-16H2,(H,34,39). The maximum Gasteiger partial charge on any atom is 0.323 e. The van der Waals surface area contributed by atoms with Gasteiger partial charge in [0.15, 0.2) is 0 Å². The van der Waals surface area contributed by atoms with Crippen LogP contribution >= 0.6 is 0 Å². The maximum atomic E-state index is 14.7. The van der Waals surface area contributed by atoms with Gasteiger partial charge < -0.3 is 15.5 Å². The predicted octanol–water partition coefficient (Wildman–Crippen LogP) is 4.33. The molecule has 3 N–H and O–H groups in total. The van der Waals surface area contributed by atoms with Crippen LogP contribution in [0.15, 0.2) is 65.7 Å². The summed E-state index contributed by atoms with van der Waals surface area (Å²) in [4.78, 5) is 28.1. The fourth-order valence-corrected chi connectivity index (χ4v) is 5.70. The molecule has 1 amide bonds. The number of fused-ring (bicyclic) bond motifs is 1. The van der Waals surface area contributed by atoms with Crippen molar-refractivity contribution in [1.29, 1.82) is 4.78 Å². The van der Waals surface area contributed by atoms with Crippen LogP contribution in [-0.2, 0) is 16.3 Å². The van der Waals surface area contributed by atoms with Crippen molar-refractivity contribution in [2.75, 3.05) is 24.5 Å².